The van der Waals surface area contributed by atoms with Crippen LogP contribution in [0.15, 0.2) is 12.1 Å². The quantitative estimate of drug-likeness (QED) is 0.893. The van der Waals surface area contributed by atoms with Gasteiger partial charge in [-0.2, -0.15) is 0 Å². The number of nitrogens with one attached hydrogen (secondary N) is 1. The molecule has 1 amide bonds. The Morgan fingerprint density at radius 3 is 2.75 bits per heavy atom. The Morgan fingerprint density at radius 1 is 1.50 bits per heavy atom. The van der Waals surface area contributed by atoms with Crippen molar-refractivity contribution in [3.63, 3.8) is 0 Å². The number of hydrogen-bond acceptors (Lipinski definition) is 3. The Morgan fingerprint density at radius 2 is 2.15 bits per heavy atom. The van der Waals surface area contributed by atoms with Crippen molar-refractivity contribution in [1.29, 1.82) is 0 Å². The van der Waals surface area contributed by atoms with Gasteiger partial charge in [0.15, 0.2) is 0 Å². The number of aromatic nitrogens is 2. The number of nitrogens with two attached hydrogens (primary N) is 1. The summed E-state index contributed by atoms with van der Waals surface area (Å²) in [6, 6.07) is 2.62. The van der Waals surface area contributed by atoms with E-state index in [1.54, 1.807) is 0 Å². The number of hydrogen-bond donors (Lipinski definition) is 2. The van der Waals surface area contributed by atoms with Crippen LogP contribution in [0.3, 0.4) is 0 Å². The largest absolute Gasteiger partial charge is 0.369 e. The third kappa shape index (κ3) is 3.01. The molecular weight excluding hydrogens is 283 g/mol. The van der Waals surface area contributed by atoms with E-state index in [-0.39, 0.29) is 29.0 Å². The smallest absolute Gasteiger partial charge is 0.240 e. The number of carbonyl (C=O) groups is 1. The lowest BCUT2D eigenvalue weighted by atomic mass is 10.1. The van der Waals surface area contributed by atoms with Crippen LogP contribution >= 0.6 is 11.6 Å². The molecular formula is C13H16ClFN4O. The van der Waals surface area contributed by atoms with Gasteiger partial charge in [-0.3, -0.25) is 4.79 Å². The van der Waals surface area contributed by atoms with E-state index in [0.29, 0.717) is 11.0 Å². The highest BCUT2D eigenvalue weighted by molar-refractivity contribution is 6.31. The number of amides is 1. The predicted octanol–water partition coefficient (Wildman–Crippen LogP) is 2.33. The number of fused-ring (bicyclic) bond motifs is 1. The zero-order valence-electron chi connectivity index (χ0n) is 11.5. The summed E-state index contributed by atoms with van der Waals surface area (Å²) in [5.74, 6) is -0.652. The molecule has 0 saturated heterocycles. The minimum atomic E-state index is -0.573. The molecule has 0 bridgehead atoms. The Hall–Kier alpha value is -1.82. The normalized spacial score (nSPS) is 11.8. The number of nitrogens with zero attached hydrogens (tertiary/aromatic N) is 2. The summed E-state index contributed by atoms with van der Waals surface area (Å²) in [5, 5.41) is 2.79. The summed E-state index contributed by atoms with van der Waals surface area (Å²) in [7, 11) is 0. The number of anilines is 1. The molecule has 0 aliphatic rings. The molecule has 0 atom stereocenters. The Kier molecular flexibility index (Phi) is 3.60. The molecule has 2 rings (SSSR count). The fourth-order valence-corrected chi connectivity index (χ4v) is 2.06. The maximum atomic E-state index is 13.5. The van der Waals surface area contributed by atoms with Gasteiger partial charge in [0.1, 0.15) is 12.4 Å². The van der Waals surface area contributed by atoms with Crippen LogP contribution in [-0.2, 0) is 11.3 Å². The molecule has 0 aliphatic heterocycles. The molecule has 1 aromatic carbocycles. The monoisotopic (exact) mass is 298 g/mol. The van der Waals surface area contributed by atoms with Gasteiger partial charge in [0, 0.05) is 11.6 Å². The molecule has 0 aliphatic carbocycles. The van der Waals surface area contributed by atoms with Crippen LogP contribution < -0.4 is 11.1 Å². The summed E-state index contributed by atoms with van der Waals surface area (Å²) in [4.78, 5) is 16.0. The zero-order chi connectivity index (χ0) is 15.1. The summed E-state index contributed by atoms with van der Waals surface area (Å²) in [6.45, 7) is 5.60. The van der Waals surface area contributed by atoms with Crippen LogP contribution in [0.1, 0.15) is 20.8 Å². The van der Waals surface area contributed by atoms with Crippen molar-refractivity contribution >= 4 is 34.5 Å². The predicted molar refractivity (Wildman–Crippen MR) is 77.0 cm³/mol. The first-order valence-electron chi connectivity index (χ1n) is 6.09. The van der Waals surface area contributed by atoms with Gasteiger partial charge >= 0.3 is 0 Å². The number of halogens is 2. The maximum absolute atomic E-state index is 13.5. The lowest BCUT2D eigenvalue weighted by Gasteiger charge is -2.20. The molecule has 2 aromatic rings. The van der Waals surface area contributed by atoms with E-state index in [1.165, 1.54) is 16.7 Å². The van der Waals surface area contributed by atoms with Crippen molar-refractivity contribution in [1.82, 2.24) is 14.9 Å². The molecule has 0 spiro atoms. The summed E-state index contributed by atoms with van der Waals surface area (Å²) >= 11 is 5.70. The third-order valence-corrected chi connectivity index (χ3v) is 2.93. The summed E-state index contributed by atoms with van der Waals surface area (Å²) in [5.41, 5.74) is 6.32. The first kappa shape index (κ1) is 14.6. The van der Waals surface area contributed by atoms with Crippen molar-refractivity contribution in [2.75, 3.05) is 5.73 Å². The second-order valence-corrected chi connectivity index (χ2v) is 6.02. The molecule has 0 saturated carbocycles. The molecule has 5 nitrogen and oxygen atoms in total. The van der Waals surface area contributed by atoms with Crippen LogP contribution in [0.2, 0.25) is 5.02 Å². The van der Waals surface area contributed by atoms with Crippen molar-refractivity contribution in [2.24, 2.45) is 0 Å². The van der Waals surface area contributed by atoms with E-state index in [4.69, 9.17) is 17.3 Å². The highest BCUT2D eigenvalue weighted by Gasteiger charge is 2.17. The van der Waals surface area contributed by atoms with Crippen LogP contribution in [0.5, 0.6) is 0 Å². The van der Waals surface area contributed by atoms with Gasteiger partial charge in [0.25, 0.3) is 0 Å². The topological polar surface area (TPSA) is 72.9 Å². The molecule has 1 aromatic heterocycles. The second-order valence-electron chi connectivity index (χ2n) is 5.61. The number of rotatable bonds is 2. The molecule has 108 valence electrons. The van der Waals surface area contributed by atoms with E-state index < -0.39 is 5.82 Å². The highest BCUT2D eigenvalue weighted by Crippen LogP contribution is 2.24. The first-order valence-corrected chi connectivity index (χ1v) is 6.47. The van der Waals surface area contributed by atoms with Gasteiger partial charge in [-0.15, -0.1) is 0 Å². The number of benzene rings is 1. The van der Waals surface area contributed by atoms with E-state index in [0.717, 1.165) is 0 Å². The standard InChI is InChI=1S/C13H16ClFN4O/c1-13(2,3)18-11(20)6-19-10-5-8(15)7(14)4-9(10)17-12(19)16/h4-5H,6H2,1-3H3,(H2,16,17)(H,18,20). The summed E-state index contributed by atoms with van der Waals surface area (Å²) < 4.78 is 15.0. The van der Waals surface area contributed by atoms with Crippen molar-refractivity contribution in [3.05, 3.63) is 23.0 Å². The molecule has 0 unspecified atom stereocenters. The van der Waals surface area contributed by atoms with Crippen molar-refractivity contribution in [2.45, 2.75) is 32.9 Å². The molecule has 1 heterocycles. The average Bonchev–Trinajstić information content (AvgIpc) is 2.54. The van der Waals surface area contributed by atoms with Crippen LogP contribution in [0.25, 0.3) is 11.0 Å². The van der Waals surface area contributed by atoms with Crippen molar-refractivity contribution < 1.29 is 9.18 Å². The van der Waals surface area contributed by atoms with Gasteiger partial charge in [0.05, 0.1) is 16.1 Å². The number of carbonyl (C=O) groups excluding carboxylic acids is 1. The van der Waals surface area contributed by atoms with Gasteiger partial charge in [-0.25, -0.2) is 9.37 Å². The maximum Gasteiger partial charge on any atom is 0.240 e. The lowest BCUT2D eigenvalue weighted by molar-refractivity contribution is -0.122. The minimum absolute atomic E-state index is 0.0266. The van der Waals surface area contributed by atoms with Crippen LogP contribution in [0.4, 0.5) is 10.3 Å². The molecule has 20 heavy (non-hydrogen) atoms. The molecule has 7 heteroatoms. The minimum Gasteiger partial charge on any atom is -0.369 e. The second kappa shape index (κ2) is 4.94. The number of imidazole rings is 1. The Labute approximate surface area is 120 Å². The SMILES string of the molecule is CC(C)(C)NC(=O)Cn1c(N)nc2cc(Cl)c(F)cc21. The van der Waals surface area contributed by atoms with E-state index in [2.05, 4.69) is 10.3 Å². The lowest BCUT2D eigenvalue weighted by Crippen LogP contribution is -2.42. The molecule has 0 fully saturated rings. The van der Waals surface area contributed by atoms with E-state index in [9.17, 15) is 9.18 Å². The average molecular weight is 299 g/mol. The third-order valence-electron chi connectivity index (χ3n) is 2.64. The van der Waals surface area contributed by atoms with Gasteiger partial charge < -0.3 is 15.6 Å². The Balaban J connectivity index is 2.37. The number of nitrogen functional groups attached to an aromatic ring is 1. The summed E-state index contributed by atoms with van der Waals surface area (Å²) in [6.07, 6.45) is 0. The van der Waals surface area contributed by atoms with Gasteiger partial charge in [-0.05, 0) is 26.8 Å². The van der Waals surface area contributed by atoms with Crippen molar-refractivity contribution in [3.8, 4) is 0 Å². The van der Waals surface area contributed by atoms with Gasteiger partial charge in [-0.1, -0.05) is 11.6 Å². The van der Waals surface area contributed by atoms with Crippen LogP contribution in [0, 0.1) is 5.82 Å². The first-order chi connectivity index (χ1) is 9.17. The fraction of sp³-hybridized carbons (Fsp3) is 0.385. The fourth-order valence-electron chi connectivity index (χ4n) is 1.91. The molecule has 3 N–H and O–H groups in total. The Bertz CT molecular complexity index is 675. The van der Waals surface area contributed by atoms with E-state index in [1.807, 2.05) is 20.8 Å². The van der Waals surface area contributed by atoms with Gasteiger partial charge in [0.2, 0.25) is 11.9 Å². The van der Waals surface area contributed by atoms with Crippen LogP contribution in [-0.4, -0.2) is 21.0 Å². The highest BCUT2D eigenvalue weighted by atomic mass is 35.5. The van der Waals surface area contributed by atoms with E-state index >= 15 is 0 Å². The zero-order valence-corrected chi connectivity index (χ0v) is 12.3. The molecule has 0 radical (unpaired) electrons.